The Balaban J connectivity index is 2.12. The summed E-state index contributed by atoms with van der Waals surface area (Å²) in [5.74, 6) is -1.31. The summed E-state index contributed by atoms with van der Waals surface area (Å²) in [7, 11) is 1.90. The van der Waals surface area contributed by atoms with Crippen LogP contribution in [0.2, 0.25) is 0 Å². The van der Waals surface area contributed by atoms with Gasteiger partial charge in [-0.2, -0.15) is 0 Å². The van der Waals surface area contributed by atoms with Crippen molar-refractivity contribution in [2.75, 3.05) is 13.6 Å². The van der Waals surface area contributed by atoms with E-state index in [0.717, 1.165) is 16.7 Å². The number of likely N-dealkylation sites (N-methyl/N-ethyl adjacent to an activating group) is 1. The lowest BCUT2D eigenvalue weighted by molar-refractivity contribution is -0.121. The molecule has 5 nitrogen and oxygen atoms in total. The van der Waals surface area contributed by atoms with Crippen molar-refractivity contribution in [2.24, 2.45) is 0 Å². The molecule has 0 saturated heterocycles. The van der Waals surface area contributed by atoms with E-state index in [-0.39, 0.29) is 11.3 Å². The second-order valence-corrected chi connectivity index (χ2v) is 5.40. The number of benzene rings is 1. The molecule has 1 aromatic rings. The highest BCUT2D eigenvalue weighted by atomic mass is 16.4. The second-order valence-electron chi connectivity index (χ2n) is 5.40. The maximum atomic E-state index is 12.3. The number of hydrogen-bond donors (Lipinski definition) is 2. The number of nitrogens with zero attached hydrogens (tertiary/aromatic N) is 1. The number of fused-ring (bicyclic) bond motifs is 1. The monoisotopic (exact) mass is 297 g/mol. The van der Waals surface area contributed by atoms with Crippen molar-refractivity contribution in [3.05, 3.63) is 64.9 Å². The van der Waals surface area contributed by atoms with Crippen LogP contribution in [0.5, 0.6) is 0 Å². The Morgan fingerprint density at radius 3 is 2.59 bits per heavy atom. The minimum absolute atomic E-state index is 0.198. The van der Waals surface area contributed by atoms with Crippen LogP contribution in [0.4, 0.5) is 0 Å². The molecule has 1 aliphatic heterocycles. The maximum Gasteiger partial charge on any atom is 0.335 e. The van der Waals surface area contributed by atoms with Crippen LogP contribution in [-0.4, -0.2) is 46.6 Å². The third-order valence-electron chi connectivity index (χ3n) is 3.81. The standard InChI is InChI=1S/C17H15NO4/c1-18-8-12-6-7-14(19)16(20)15(12)13(9-18)10-2-4-11(5-3-10)17(21)22/h2-8,14,19H,9H2,1H3,(H,21,22). The molecule has 0 fully saturated rings. The third kappa shape index (κ3) is 2.35. The van der Waals surface area contributed by atoms with Gasteiger partial charge in [-0.05, 0) is 29.3 Å². The zero-order chi connectivity index (χ0) is 15.9. The van der Waals surface area contributed by atoms with Crippen LogP contribution in [0.1, 0.15) is 15.9 Å². The molecule has 3 rings (SSSR count). The number of hydrogen-bond acceptors (Lipinski definition) is 4. The van der Waals surface area contributed by atoms with Gasteiger partial charge in [0, 0.05) is 30.9 Å². The Kier molecular flexibility index (Phi) is 3.42. The fourth-order valence-electron chi connectivity index (χ4n) is 2.75. The Morgan fingerprint density at radius 2 is 1.95 bits per heavy atom. The van der Waals surface area contributed by atoms with Crippen molar-refractivity contribution in [2.45, 2.75) is 6.10 Å². The number of ketones is 1. The summed E-state index contributed by atoms with van der Waals surface area (Å²) in [5, 5.41) is 18.7. The molecule has 1 heterocycles. The number of carboxylic acid groups (broad SMARTS) is 1. The number of Topliss-reactive ketones (excluding diaryl/α,β-unsaturated/α-hetero) is 1. The van der Waals surface area contributed by atoms with Gasteiger partial charge in [-0.15, -0.1) is 0 Å². The number of carboxylic acids is 1. The summed E-state index contributed by atoms with van der Waals surface area (Å²) in [4.78, 5) is 25.2. The van der Waals surface area contributed by atoms with Gasteiger partial charge in [-0.25, -0.2) is 4.79 Å². The van der Waals surface area contributed by atoms with Crippen LogP contribution in [-0.2, 0) is 4.79 Å². The molecule has 1 aromatic carbocycles. The van der Waals surface area contributed by atoms with Crippen LogP contribution in [0.15, 0.2) is 53.8 Å². The average Bonchev–Trinajstić information content (AvgIpc) is 2.50. The molecule has 0 bridgehead atoms. The number of rotatable bonds is 2. The molecule has 2 N–H and O–H groups in total. The molecule has 1 atom stereocenters. The van der Waals surface area contributed by atoms with Crippen molar-refractivity contribution in [1.29, 1.82) is 0 Å². The van der Waals surface area contributed by atoms with Crippen LogP contribution >= 0.6 is 0 Å². The largest absolute Gasteiger partial charge is 0.478 e. The summed E-state index contributed by atoms with van der Waals surface area (Å²) < 4.78 is 0. The molecule has 0 aromatic heterocycles. The van der Waals surface area contributed by atoms with Gasteiger partial charge in [0.05, 0.1) is 5.56 Å². The molecule has 1 aliphatic carbocycles. The van der Waals surface area contributed by atoms with Gasteiger partial charge in [0.2, 0.25) is 0 Å². The molecule has 0 radical (unpaired) electrons. The highest BCUT2D eigenvalue weighted by Gasteiger charge is 2.30. The molecule has 112 valence electrons. The van der Waals surface area contributed by atoms with Gasteiger partial charge < -0.3 is 15.1 Å². The summed E-state index contributed by atoms with van der Waals surface area (Å²) in [6.45, 7) is 0.525. The normalized spacial score (nSPS) is 20.8. The van der Waals surface area contributed by atoms with E-state index in [0.29, 0.717) is 12.1 Å². The lowest BCUT2D eigenvalue weighted by Crippen LogP contribution is -2.30. The van der Waals surface area contributed by atoms with Crippen molar-refractivity contribution < 1.29 is 19.8 Å². The molecule has 0 spiro atoms. The first-order valence-corrected chi connectivity index (χ1v) is 6.87. The van der Waals surface area contributed by atoms with Crippen LogP contribution in [0, 0.1) is 0 Å². The van der Waals surface area contributed by atoms with Gasteiger partial charge in [-0.3, -0.25) is 4.79 Å². The highest BCUT2D eigenvalue weighted by Crippen LogP contribution is 2.33. The number of carbonyl (C=O) groups excluding carboxylic acids is 1. The molecule has 22 heavy (non-hydrogen) atoms. The first-order valence-electron chi connectivity index (χ1n) is 6.87. The molecular formula is C17H15NO4. The molecule has 5 heteroatoms. The SMILES string of the molecule is CN1C=C2C=CC(O)C(=O)C2=C(c2ccc(C(=O)O)cc2)C1. The van der Waals surface area contributed by atoms with E-state index >= 15 is 0 Å². The second kappa shape index (κ2) is 5.27. The number of aliphatic hydroxyl groups is 1. The van der Waals surface area contributed by atoms with Gasteiger partial charge in [0.1, 0.15) is 6.10 Å². The van der Waals surface area contributed by atoms with E-state index in [1.165, 1.54) is 18.2 Å². The van der Waals surface area contributed by atoms with E-state index in [9.17, 15) is 14.7 Å². The average molecular weight is 297 g/mol. The van der Waals surface area contributed by atoms with E-state index in [2.05, 4.69) is 0 Å². The van der Waals surface area contributed by atoms with Crippen LogP contribution in [0.25, 0.3) is 5.57 Å². The van der Waals surface area contributed by atoms with Gasteiger partial charge in [0.15, 0.2) is 5.78 Å². The highest BCUT2D eigenvalue weighted by molar-refractivity contribution is 6.12. The topological polar surface area (TPSA) is 77.8 Å². The Labute approximate surface area is 127 Å². The molecule has 0 saturated carbocycles. The lowest BCUT2D eigenvalue weighted by Gasteiger charge is -2.29. The fourth-order valence-corrected chi connectivity index (χ4v) is 2.75. The molecule has 0 amide bonds. The minimum atomic E-state index is -1.12. The molecule has 1 unspecified atom stereocenters. The number of carbonyl (C=O) groups is 2. The van der Waals surface area contributed by atoms with E-state index < -0.39 is 12.1 Å². The Bertz CT molecular complexity index is 740. The van der Waals surface area contributed by atoms with E-state index in [1.807, 2.05) is 18.1 Å². The first-order chi connectivity index (χ1) is 10.5. The summed E-state index contributed by atoms with van der Waals surface area (Å²) in [6, 6.07) is 6.42. The Hall–Kier alpha value is -2.66. The fraction of sp³-hybridized carbons (Fsp3) is 0.176. The van der Waals surface area contributed by atoms with Crippen molar-refractivity contribution >= 4 is 17.3 Å². The third-order valence-corrected chi connectivity index (χ3v) is 3.81. The number of aromatic carboxylic acids is 1. The maximum absolute atomic E-state index is 12.3. The van der Waals surface area contributed by atoms with Crippen LogP contribution < -0.4 is 0 Å². The van der Waals surface area contributed by atoms with E-state index in [4.69, 9.17) is 5.11 Å². The number of aliphatic hydroxyl groups excluding tert-OH is 1. The zero-order valence-corrected chi connectivity index (χ0v) is 12.0. The van der Waals surface area contributed by atoms with Crippen molar-refractivity contribution in [3.8, 4) is 0 Å². The Morgan fingerprint density at radius 1 is 1.27 bits per heavy atom. The van der Waals surface area contributed by atoms with Gasteiger partial charge >= 0.3 is 5.97 Å². The summed E-state index contributed by atoms with van der Waals surface area (Å²) in [6.07, 6.45) is 3.96. The smallest absolute Gasteiger partial charge is 0.335 e. The van der Waals surface area contributed by atoms with Crippen molar-refractivity contribution in [1.82, 2.24) is 4.90 Å². The predicted octanol–water partition coefficient (Wildman–Crippen LogP) is 1.47. The zero-order valence-electron chi connectivity index (χ0n) is 12.0. The lowest BCUT2D eigenvalue weighted by atomic mass is 9.84. The van der Waals surface area contributed by atoms with Gasteiger partial charge in [0.25, 0.3) is 0 Å². The van der Waals surface area contributed by atoms with E-state index in [1.54, 1.807) is 18.2 Å². The number of allylic oxidation sites excluding steroid dienone is 2. The van der Waals surface area contributed by atoms with Gasteiger partial charge in [-0.1, -0.05) is 18.2 Å². The summed E-state index contributed by atoms with van der Waals surface area (Å²) in [5.41, 5.74) is 3.06. The summed E-state index contributed by atoms with van der Waals surface area (Å²) >= 11 is 0. The molecule has 2 aliphatic rings. The molecular weight excluding hydrogens is 282 g/mol. The van der Waals surface area contributed by atoms with Crippen molar-refractivity contribution in [3.63, 3.8) is 0 Å². The predicted molar refractivity (Wildman–Crippen MR) is 81.2 cm³/mol. The minimum Gasteiger partial charge on any atom is -0.478 e. The quantitative estimate of drug-likeness (QED) is 0.864. The first kappa shape index (κ1) is 14.3. The van der Waals surface area contributed by atoms with Crippen LogP contribution in [0.3, 0.4) is 0 Å².